The maximum Gasteiger partial charge on any atom is 0.353 e. The van der Waals surface area contributed by atoms with Crippen LogP contribution in [0.4, 0.5) is 14.7 Å². The molecule has 2 saturated heterocycles. The van der Waals surface area contributed by atoms with E-state index in [0.29, 0.717) is 22.0 Å². The van der Waals surface area contributed by atoms with Crippen LogP contribution in [0.25, 0.3) is 0 Å². The van der Waals surface area contributed by atoms with Crippen LogP contribution in [0, 0.1) is 0 Å². The number of carboxylic acids is 1. The largest absolute Gasteiger partial charge is 0.504 e. The number of thiazole rings is 1. The summed E-state index contributed by atoms with van der Waals surface area (Å²) in [5.74, 6) is -6.45. The highest BCUT2D eigenvalue weighted by molar-refractivity contribution is 7.88. The molecule has 1 aromatic heterocycles. The second-order valence-electron chi connectivity index (χ2n) is 8.72. The maximum absolute atomic E-state index is 12.8. The van der Waals surface area contributed by atoms with Crippen molar-refractivity contribution in [3.63, 3.8) is 0 Å². The lowest BCUT2D eigenvalue weighted by Crippen LogP contribution is -2.68. The number of phenolic OH excluding ortho intramolecular Hbond substituents is 2. The molecule has 2 fully saturated rings. The van der Waals surface area contributed by atoms with Crippen LogP contribution in [0.3, 0.4) is 0 Å². The lowest BCUT2D eigenvalue weighted by molar-refractivity contribution is -0.141. The summed E-state index contributed by atoms with van der Waals surface area (Å²) in [6.45, 7) is -1.48. The number of β-lactam (4-membered cyclic amide) rings is 1. The summed E-state index contributed by atoms with van der Waals surface area (Å²) in [5.41, 5.74) is 5.89. The van der Waals surface area contributed by atoms with Crippen molar-refractivity contribution in [1.29, 1.82) is 0 Å². The zero-order valence-electron chi connectivity index (χ0n) is 22.1. The molecule has 21 nitrogen and oxygen atoms in total. The van der Waals surface area contributed by atoms with Gasteiger partial charge >= 0.3 is 28.2 Å². The van der Waals surface area contributed by atoms with Gasteiger partial charge in [-0.1, -0.05) is 5.16 Å². The quantitative estimate of drug-likeness (QED) is 0.0639. The molecule has 7 amide bonds. The summed E-state index contributed by atoms with van der Waals surface area (Å²) in [4.78, 5) is 83.3. The molecular weight excluding hydrogens is 634 g/mol. The third kappa shape index (κ3) is 6.07. The van der Waals surface area contributed by atoms with Gasteiger partial charge in [0.2, 0.25) is 0 Å². The number of carbonyl (C=O) groups excluding carboxylic acids is 5. The van der Waals surface area contributed by atoms with Crippen LogP contribution in [0.15, 0.2) is 22.7 Å². The first kappa shape index (κ1) is 31.2. The number of amides is 7. The molecule has 8 N–H and O–H groups in total. The Balaban J connectivity index is 1.35. The number of rotatable bonds is 9. The Hall–Kier alpha value is -5.71. The normalized spacial score (nSPS) is 16.8. The monoisotopic (exact) mass is 655 g/mol. The molecule has 0 radical (unpaired) electrons. The van der Waals surface area contributed by atoms with Crippen LogP contribution < -0.4 is 21.2 Å². The molecule has 2 aromatic rings. The van der Waals surface area contributed by atoms with Crippen molar-refractivity contribution >= 4 is 68.1 Å². The second kappa shape index (κ2) is 11.9. The molecule has 0 saturated carbocycles. The molecule has 23 heteroatoms. The highest BCUT2D eigenvalue weighted by atomic mass is 32.2. The van der Waals surface area contributed by atoms with Gasteiger partial charge in [-0.15, -0.1) is 11.3 Å². The number of nitrogens with two attached hydrogens (primary N) is 1. The number of hydrogen-bond donors (Lipinski definition) is 7. The fraction of sp³-hybridized carbons (Fsp3) is 0.238. The van der Waals surface area contributed by atoms with Gasteiger partial charge in [0.1, 0.15) is 18.8 Å². The molecule has 3 heterocycles. The molecule has 1 aromatic carbocycles. The number of aromatic nitrogens is 1. The number of likely N-dealkylation sites (tertiary alicyclic amines) is 1. The first-order chi connectivity index (χ1) is 20.6. The number of oxime groups is 1. The minimum atomic E-state index is -4.93. The number of hydrazine groups is 1. The first-order valence-corrected chi connectivity index (χ1v) is 14.2. The molecule has 44 heavy (non-hydrogen) atoms. The van der Waals surface area contributed by atoms with Gasteiger partial charge in [-0.2, -0.15) is 8.42 Å². The predicted molar refractivity (Wildman–Crippen MR) is 144 cm³/mol. The van der Waals surface area contributed by atoms with Gasteiger partial charge in [0.15, 0.2) is 22.3 Å². The van der Waals surface area contributed by atoms with Crippen molar-refractivity contribution in [2.24, 2.45) is 5.16 Å². The number of aromatic hydroxyl groups is 2. The number of benzene rings is 1. The number of carboxylic acid groups (broad SMARTS) is 1. The number of carbonyl (C=O) groups is 6. The summed E-state index contributed by atoms with van der Waals surface area (Å²) in [5, 5.41) is 36.3. The number of phenols is 2. The molecule has 1 atom stereocenters. The minimum absolute atomic E-state index is 0.0587. The van der Waals surface area contributed by atoms with Crippen LogP contribution >= 0.6 is 11.3 Å². The average molecular weight is 656 g/mol. The molecule has 2 aliphatic rings. The number of urea groups is 2. The van der Waals surface area contributed by atoms with Gasteiger partial charge in [-0.3, -0.25) is 24.7 Å². The average Bonchev–Trinajstić information content (AvgIpc) is 3.54. The molecule has 4 rings (SSSR count). The van der Waals surface area contributed by atoms with Gasteiger partial charge in [0.05, 0.1) is 30.8 Å². The van der Waals surface area contributed by atoms with Gasteiger partial charge in [0.25, 0.3) is 17.7 Å². The number of nitrogens with zero attached hydrogens (tertiary/aromatic N) is 5. The van der Waals surface area contributed by atoms with Crippen LogP contribution in [0.2, 0.25) is 0 Å². The van der Waals surface area contributed by atoms with Crippen molar-refractivity contribution in [2.45, 2.75) is 6.04 Å². The third-order valence-corrected chi connectivity index (χ3v) is 7.97. The fourth-order valence-corrected chi connectivity index (χ4v) is 5.44. The SMILES string of the molecule is CON=C(C(=O)N[C@H]1CN(C(=O)NS(=O)(=O)N2CCN(NC(=O)c3cc(O)c(O)cc3C(=O)O)C2=O)C1=O)c1csc(N)n1. The summed E-state index contributed by atoms with van der Waals surface area (Å²) in [6.07, 6.45) is 0. The number of aromatic carboxylic acids is 1. The van der Waals surface area contributed by atoms with Gasteiger partial charge in [0, 0.05) is 5.38 Å². The van der Waals surface area contributed by atoms with Crippen molar-refractivity contribution in [1.82, 2.24) is 34.7 Å². The zero-order chi connectivity index (χ0) is 32.5. The van der Waals surface area contributed by atoms with Crippen LogP contribution in [0.5, 0.6) is 11.5 Å². The molecule has 2 aliphatic heterocycles. The number of nitrogen functional groups attached to an aromatic ring is 1. The van der Waals surface area contributed by atoms with Crippen LogP contribution in [0.1, 0.15) is 26.4 Å². The number of nitrogens with one attached hydrogen (secondary N) is 3. The van der Waals surface area contributed by atoms with Crippen molar-refractivity contribution < 1.29 is 57.3 Å². The molecule has 0 spiro atoms. The molecule has 0 bridgehead atoms. The molecule has 234 valence electrons. The van der Waals surface area contributed by atoms with Crippen LogP contribution in [-0.2, 0) is 24.6 Å². The lowest BCUT2D eigenvalue weighted by atomic mass is 10.1. The molecular formula is C21H21N9O12S2. The van der Waals surface area contributed by atoms with E-state index in [1.807, 2.05) is 5.43 Å². The molecule has 0 aliphatic carbocycles. The zero-order valence-corrected chi connectivity index (χ0v) is 23.7. The van der Waals surface area contributed by atoms with Crippen molar-refractivity contribution in [3.05, 3.63) is 34.3 Å². The lowest BCUT2D eigenvalue weighted by Gasteiger charge is -2.36. The summed E-state index contributed by atoms with van der Waals surface area (Å²) in [7, 11) is -3.76. The van der Waals surface area contributed by atoms with E-state index in [4.69, 9.17) is 5.73 Å². The maximum atomic E-state index is 12.8. The minimum Gasteiger partial charge on any atom is -0.504 e. The van der Waals surface area contributed by atoms with Crippen molar-refractivity contribution in [3.8, 4) is 11.5 Å². The summed E-state index contributed by atoms with van der Waals surface area (Å²) in [6, 6.07) is -2.82. The van der Waals surface area contributed by atoms with E-state index in [1.165, 1.54) is 17.2 Å². The van der Waals surface area contributed by atoms with E-state index < -0.39 is 94.3 Å². The topological polar surface area (TPSA) is 304 Å². The van der Waals surface area contributed by atoms with E-state index in [0.717, 1.165) is 11.3 Å². The predicted octanol–water partition coefficient (Wildman–Crippen LogP) is -2.45. The van der Waals surface area contributed by atoms with E-state index in [1.54, 1.807) is 0 Å². The summed E-state index contributed by atoms with van der Waals surface area (Å²) < 4.78 is 27.2. The Morgan fingerprint density at radius 2 is 1.80 bits per heavy atom. The van der Waals surface area contributed by atoms with E-state index in [2.05, 4.69) is 20.3 Å². The Kier molecular flexibility index (Phi) is 8.43. The number of hydrogen-bond acceptors (Lipinski definition) is 15. The van der Waals surface area contributed by atoms with E-state index in [-0.39, 0.29) is 20.8 Å². The summed E-state index contributed by atoms with van der Waals surface area (Å²) >= 11 is 1.01. The highest BCUT2D eigenvalue weighted by Gasteiger charge is 2.46. The van der Waals surface area contributed by atoms with Crippen molar-refractivity contribution in [2.75, 3.05) is 32.5 Å². The van der Waals surface area contributed by atoms with Gasteiger partial charge in [-0.05, 0) is 12.1 Å². The Morgan fingerprint density at radius 1 is 1.14 bits per heavy atom. The van der Waals surface area contributed by atoms with E-state index >= 15 is 0 Å². The highest BCUT2D eigenvalue weighted by Crippen LogP contribution is 2.28. The van der Waals surface area contributed by atoms with Gasteiger partial charge < -0.3 is 31.2 Å². The first-order valence-electron chi connectivity index (χ1n) is 11.9. The molecule has 0 unspecified atom stereocenters. The Labute approximate surface area is 249 Å². The second-order valence-corrected chi connectivity index (χ2v) is 11.2. The van der Waals surface area contributed by atoms with Gasteiger partial charge in [-0.25, -0.2) is 33.4 Å². The standard InChI is InChI=1S/C21H21N9O12S2/c1-42-26-14(11-7-43-19(22)24-11)16(34)23-10-6-28(17(10)35)20(38)27-44(40,41)30-3-2-29(21(30)39)25-15(33)8-4-12(31)13(32)5-9(8)18(36)37/h4-5,7,10,31-32H,2-3,6H2,1H3,(H2,22,24)(H,23,34)(H,25,33)(H,27,38)(H,36,37)/t10-/m0/s1. The van der Waals surface area contributed by atoms with Crippen LogP contribution in [-0.4, -0.2) is 117 Å². The third-order valence-electron chi connectivity index (χ3n) is 5.95. The number of imide groups is 1. The Bertz CT molecular complexity index is 1720. The van der Waals surface area contributed by atoms with E-state index in [9.17, 15) is 52.5 Å². The fourth-order valence-electron chi connectivity index (χ4n) is 3.82. The smallest absolute Gasteiger partial charge is 0.353 e. The Morgan fingerprint density at radius 3 is 2.36 bits per heavy atom. The number of anilines is 1.